The maximum Gasteiger partial charge on any atom is 0.276 e. The van der Waals surface area contributed by atoms with Crippen LogP contribution < -0.4 is 10.6 Å². The van der Waals surface area contributed by atoms with Crippen molar-refractivity contribution in [3.05, 3.63) is 59.3 Å². The van der Waals surface area contributed by atoms with Gasteiger partial charge >= 0.3 is 0 Å². The van der Waals surface area contributed by atoms with E-state index in [9.17, 15) is 4.79 Å². The summed E-state index contributed by atoms with van der Waals surface area (Å²) in [7, 11) is 0. The van der Waals surface area contributed by atoms with Crippen LogP contribution in [0.4, 0.5) is 11.5 Å². The molecular weight excluding hydrogens is 288 g/mol. The van der Waals surface area contributed by atoms with Crippen molar-refractivity contribution in [2.24, 2.45) is 0 Å². The van der Waals surface area contributed by atoms with Gasteiger partial charge in [0, 0.05) is 17.3 Å². The van der Waals surface area contributed by atoms with E-state index >= 15 is 0 Å². The Morgan fingerprint density at radius 3 is 2.76 bits per heavy atom. The van der Waals surface area contributed by atoms with Gasteiger partial charge in [-0.1, -0.05) is 17.7 Å². The molecular formula is C15H15ClN4O. The van der Waals surface area contributed by atoms with E-state index in [1.807, 2.05) is 6.92 Å². The van der Waals surface area contributed by atoms with Crippen molar-refractivity contribution in [2.75, 3.05) is 17.2 Å². The summed E-state index contributed by atoms with van der Waals surface area (Å²) < 4.78 is 0. The first-order valence-electron chi connectivity index (χ1n) is 6.36. The third kappa shape index (κ3) is 4.03. The largest absolute Gasteiger partial charge is 0.365 e. The number of amides is 1. The highest BCUT2D eigenvalue weighted by molar-refractivity contribution is 6.30. The molecule has 0 aliphatic rings. The molecule has 5 nitrogen and oxygen atoms in total. The number of aromatic nitrogens is 2. The number of anilines is 2. The van der Waals surface area contributed by atoms with Crippen LogP contribution in [0.25, 0.3) is 0 Å². The number of aryl methyl sites for hydroxylation is 1. The standard InChI is InChI=1S/C15H15ClN4O/c1-3-8-17-14-7-6-13(19-20-14)15(21)18-12-5-4-11(16)9-10(12)2/h3-7,9H,1,8H2,2H3,(H,17,20)(H,18,21). The molecule has 0 aliphatic carbocycles. The number of nitrogens with one attached hydrogen (secondary N) is 2. The summed E-state index contributed by atoms with van der Waals surface area (Å²) in [6, 6.07) is 8.56. The Balaban J connectivity index is 2.07. The molecule has 0 spiro atoms. The Labute approximate surface area is 128 Å². The minimum absolute atomic E-state index is 0.244. The first kappa shape index (κ1) is 15.0. The van der Waals surface area contributed by atoms with E-state index in [1.165, 1.54) is 0 Å². The van der Waals surface area contributed by atoms with E-state index in [1.54, 1.807) is 36.4 Å². The van der Waals surface area contributed by atoms with Crippen molar-refractivity contribution in [1.82, 2.24) is 10.2 Å². The fraction of sp³-hybridized carbons (Fsp3) is 0.133. The minimum Gasteiger partial charge on any atom is -0.365 e. The van der Waals surface area contributed by atoms with Crippen LogP contribution in [-0.2, 0) is 0 Å². The first-order valence-corrected chi connectivity index (χ1v) is 6.74. The quantitative estimate of drug-likeness (QED) is 0.832. The number of halogens is 1. The normalized spacial score (nSPS) is 10.0. The molecule has 0 fully saturated rings. The molecule has 2 N–H and O–H groups in total. The van der Waals surface area contributed by atoms with Crippen LogP contribution in [0.1, 0.15) is 16.1 Å². The Hall–Kier alpha value is -2.40. The van der Waals surface area contributed by atoms with Crippen molar-refractivity contribution in [2.45, 2.75) is 6.92 Å². The van der Waals surface area contributed by atoms with Gasteiger partial charge in [-0.3, -0.25) is 4.79 Å². The van der Waals surface area contributed by atoms with Crippen LogP contribution in [0.2, 0.25) is 5.02 Å². The summed E-state index contributed by atoms with van der Waals surface area (Å²) in [5.41, 5.74) is 1.82. The number of benzene rings is 1. The lowest BCUT2D eigenvalue weighted by molar-refractivity contribution is 0.102. The molecule has 1 heterocycles. The van der Waals surface area contributed by atoms with E-state index in [-0.39, 0.29) is 11.6 Å². The van der Waals surface area contributed by atoms with Gasteiger partial charge in [-0.25, -0.2) is 0 Å². The van der Waals surface area contributed by atoms with Crippen LogP contribution >= 0.6 is 11.6 Å². The summed E-state index contributed by atoms with van der Waals surface area (Å²) in [5.74, 6) is 0.275. The monoisotopic (exact) mass is 302 g/mol. The first-order chi connectivity index (χ1) is 10.1. The molecule has 1 aromatic carbocycles. The summed E-state index contributed by atoms with van der Waals surface area (Å²) in [5, 5.41) is 14.2. The second kappa shape index (κ2) is 6.85. The van der Waals surface area contributed by atoms with Crippen molar-refractivity contribution in [3.63, 3.8) is 0 Å². The zero-order valence-electron chi connectivity index (χ0n) is 11.6. The number of carbonyl (C=O) groups is 1. The van der Waals surface area contributed by atoms with E-state index in [0.717, 1.165) is 5.56 Å². The average molecular weight is 303 g/mol. The topological polar surface area (TPSA) is 66.9 Å². The number of nitrogens with zero attached hydrogens (tertiary/aromatic N) is 2. The van der Waals surface area contributed by atoms with Crippen molar-refractivity contribution >= 4 is 29.0 Å². The van der Waals surface area contributed by atoms with Crippen molar-refractivity contribution in [1.29, 1.82) is 0 Å². The summed E-state index contributed by atoms with van der Waals surface area (Å²) >= 11 is 5.88. The molecule has 0 saturated carbocycles. The second-order valence-electron chi connectivity index (χ2n) is 4.39. The molecule has 2 rings (SSSR count). The Morgan fingerprint density at radius 1 is 1.33 bits per heavy atom. The Kier molecular flexibility index (Phi) is 4.90. The Bertz CT molecular complexity index is 655. The SMILES string of the molecule is C=CCNc1ccc(C(=O)Nc2ccc(Cl)cc2C)nn1. The molecule has 0 radical (unpaired) electrons. The van der Waals surface area contributed by atoms with Crippen LogP contribution in [-0.4, -0.2) is 22.6 Å². The van der Waals surface area contributed by atoms with Gasteiger partial charge in [-0.2, -0.15) is 0 Å². The van der Waals surface area contributed by atoms with Gasteiger partial charge in [0.2, 0.25) is 0 Å². The zero-order valence-corrected chi connectivity index (χ0v) is 12.3. The molecule has 1 amide bonds. The van der Waals surface area contributed by atoms with Crippen molar-refractivity contribution in [3.8, 4) is 0 Å². The molecule has 0 bridgehead atoms. The predicted octanol–water partition coefficient (Wildman–Crippen LogP) is 3.29. The predicted molar refractivity (Wildman–Crippen MR) is 84.9 cm³/mol. The second-order valence-corrected chi connectivity index (χ2v) is 4.82. The lowest BCUT2D eigenvalue weighted by Crippen LogP contribution is -2.15. The number of carbonyl (C=O) groups excluding carboxylic acids is 1. The molecule has 108 valence electrons. The molecule has 6 heteroatoms. The summed E-state index contributed by atoms with van der Waals surface area (Å²) in [6.07, 6.45) is 1.71. The maximum absolute atomic E-state index is 12.1. The third-order valence-corrected chi connectivity index (χ3v) is 3.00. The van der Waals surface area contributed by atoms with E-state index in [0.29, 0.717) is 23.1 Å². The van der Waals surface area contributed by atoms with E-state index < -0.39 is 0 Å². The van der Waals surface area contributed by atoms with Gasteiger partial charge in [0.15, 0.2) is 5.69 Å². The van der Waals surface area contributed by atoms with Crippen LogP contribution in [0.15, 0.2) is 43.0 Å². The third-order valence-electron chi connectivity index (χ3n) is 2.76. The van der Waals surface area contributed by atoms with Gasteiger partial charge in [-0.15, -0.1) is 16.8 Å². The molecule has 0 unspecified atom stereocenters. The highest BCUT2D eigenvalue weighted by Crippen LogP contribution is 2.20. The lowest BCUT2D eigenvalue weighted by Gasteiger charge is -2.08. The average Bonchev–Trinajstić information content (AvgIpc) is 2.48. The van der Waals surface area contributed by atoms with Crippen LogP contribution in [0.5, 0.6) is 0 Å². The Morgan fingerprint density at radius 2 is 2.14 bits per heavy atom. The maximum atomic E-state index is 12.1. The van der Waals surface area contributed by atoms with Crippen LogP contribution in [0.3, 0.4) is 0 Å². The molecule has 21 heavy (non-hydrogen) atoms. The van der Waals surface area contributed by atoms with Gasteiger partial charge in [0.1, 0.15) is 5.82 Å². The number of rotatable bonds is 5. The van der Waals surface area contributed by atoms with Crippen molar-refractivity contribution < 1.29 is 4.79 Å². The highest BCUT2D eigenvalue weighted by atomic mass is 35.5. The van der Waals surface area contributed by atoms with Gasteiger partial charge in [0.25, 0.3) is 5.91 Å². The summed E-state index contributed by atoms with van der Waals surface area (Å²) in [6.45, 7) is 6.06. The molecule has 2 aromatic rings. The van der Waals surface area contributed by atoms with Gasteiger partial charge in [-0.05, 0) is 42.8 Å². The smallest absolute Gasteiger partial charge is 0.276 e. The van der Waals surface area contributed by atoms with Gasteiger partial charge in [0.05, 0.1) is 0 Å². The van der Waals surface area contributed by atoms with Gasteiger partial charge < -0.3 is 10.6 Å². The number of hydrogen-bond acceptors (Lipinski definition) is 4. The summed E-state index contributed by atoms with van der Waals surface area (Å²) in [4.78, 5) is 12.1. The lowest BCUT2D eigenvalue weighted by atomic mass is 10.2. The van der Waals surface area contributed by atoms with Crippen LogP contribution in [0, 0.1) is 6.92 Å². The number of hydrogen-bond donors (Lipinski definition) is 2. The van der Waals surface area contributed by atoms with E-state index in [2.05, 4.69) is 27.4 Å². The molecule has 0 atom stereocenters. The fourth-order valence-electron chi connectivity index (χ4n) is 1.68. The molecule has 0 saturated heterocycles. The zero-order chi connectivity index (χ0) is 15.2. The van der Waals surface area contributed by atoms with E-state index in [4.69, 9.17) is 11.6 Å². The highest BCUT2D eigenvalue weighted by Gasteiger charge is 2.10. The molecule has 0 aliphatic heterocycles. The fourth-order valence-corrected chi connectivity index (χ4v) is 1.90. The molecule has 1 aromatic heterocycles. The minimum atomic E-state index is -0.316.